The Morgan fingerprint density at radius 1 is 1.20 bits per heavy atom. The summed E-state index contributed by atoms with van der Waals surface area (Å²) in [6.07, 6.45) is 6.23. The molecule has 2 aromatic rings. The van der Waals surface area contributed by atoms with Gasteiger partial charge in [-0.05, 0) is 64.2 Å². The summed E-state index contributed by atoms with van der Waals surface area (Å²) in [4.78, 5) is 22.2. The lowest BCUT2D eigenvalue weighted by Crippen LogP contribution is -2.42. The molecular weight excluding hydrogens is 453 g/mol. The summed E-state index contributed by atoms with van der Waals surface area (Å²) in [5.74, 6) is 0.317. The van der Waals surface area contributed by atoms with Crippen molar-refractivity contribution < 1.29 is 28.1 Å². The van der Waals surface area contributed by atoms with Crippen molar-refractivity contribution in [3.63, 3.8) is 0 Å². The van der Waals surface area contributed by atoms with Crippen LogP contribution in [-0.2, 0) is 15.9 Å². The summed E-state index contributed by atoms with van der Waals surface area (Å²) in [7, 11) is 0. The highest BCUT2D eigenvalue weighted by molar-refractivity contribution is 5.67. The van der Waals surface area contributed by atoms with Crippen molar-refractivity contribution in [3.8, 4) is 17.5 Å². The number of nitrogens with zero attached hydrogens (tertiary/aromatic N) is 3. The highest BCUT2D eigenvalue weighted by Crippen LogP contribution is 2.31. The molecule has 0 radical (unpaired) electrons. The Morgan fingerprint density at radius 3 is 2.66 bits per heavy atom. The van der Waals surface area contributed by atoms with Gasteiger partial charge in [0.2, 0.25) is 11.8 Å². The fourth-order valence-corrected chi connectivity index (χ4v) is 4.32. The molecule has 1 aromatic carbocycles. The van der Waals surface area contributed by atoms with Crippen LogP contribution < -0.4 is 9.47 Å². The highest BCUT2D eigenvalue weighted by atomic mass is 19.1. The highest BCUT2D eigenvalue weighted by Gasteiger charge is 2.26. The van der Waals surface area contributed by atoms with Crippen LogP contribution >= 0.6 is 0 Å². The molecule has 2 aliphatic rings. The van der Waals surface area contributed by atoms with E-state index < -0.39 is 5.82 Å². The van der Waals surface area contributed by atoms with E-state index in [9.17, 15) is 9.18 Å². The van der Waals surface area contributed by atoms with Crippen molar-refractivity contribution in [2.24, 2.45) is 0 Å². The van der Waals surface area contributed by atoms with Crippen LogP contribution in [0, 0.1) is 12.7 Å². The standard InChI is InChI=1S/C26H34FN3O5/c1-17(2)33-26(31)30-12-10-21(11-13-30)34-24-18(3)25(29-16-28-24)35-23-9-7-19(15-22(23)27)6-8-20-5-4-14-32-20/h7,9,15-17,20-21H,4-6,8,10-14H2,1-3H3. The molecule has 3 heterocycles. The van der Waals surface area contributed by atoms with E-state index in [0.717, 1.165) is 37.9 Å². The number of aryl methyl sites for hydroxylation is 1. The molecule has 0 aliphatic carbocycles. The molecule has 1 amide bonds. The molecule has 35 heavy (non-hydrogen) atoms. The summed E-state index contributed by atoms with van der Waals surface area (Å²) in [5, 5.41) is 0. The average molecular weight is 488 g/mol. The number of carbonyl (C=O) groups is 1. The molecule has 2 aliphatic heterocycles. The van der Waals surface area contributed by atoms with Crippen molar-refractivity contribution in [2.45, 2.75) is 77.6 Å². The van der Waals surface area contributed by atoms with Crippen molar-refractivity contribution in [3.05, 3.63) is 41.5 Å². The number of likely N-dealkylation sites (tertiary alicyclic amines) is 1. The Labute approximate surface area is 205 Å². The summed E-state index contributed by atoms with van der Waals surface area (Å²) in [6, 6.07) is 5.02. The second kappa shape index (κ2) is 11.7. The quantitative estimate of drug-likeness (QED) is 0.505. The molecule has 1 aromatic heterocycles. The number of ether oxygens (including phenoxy) is 4. The van der Waals surface area contributed by atoms with Gasteiger partial charge >= 0.3 is 6.09 Å². The Kier molecular flexibility index (Phi) is 8.38. The van der Waals surface area contributed by atoms with Crippen LogP contribution in [0.5, 0.6) is 17.5 Å². The van der Waals surface area contributed by atoms with Gasteiger partial charge in [0.15, 0.2) is 11.6 Å². The summed E-state index contributed by atoms with van der Waals surface area (Å²) < 4.78 is 37.5. The molecular formula is C26H34FN3O5. The molecule has 1 atom stereocenters. The predicted molar refractivity (Wildman–Crippen MR) is 127 cm³/mol. The lowest BCUT2D eigenvalue weighted by Gasteiger charge is -2.31. The molecule has 0 saturated carbocycles. The zero-order valence-electron chi connectivity index (χ0n) is 20.7. The van der Waals surface area contributed by atoms with Gasteiger partial charge in [-0.25, -0.2) is 19.2 Å². The number of halogens is 1. The molecule has 2 fully saturated rings. The van der Waals surface area contributed by atoms with Gasteiger partial charge in [0, 0.05) is 32.5 Å². The largest absolute Gasteiger partial charge is 0.474 e. The van der Waals surface area contributed by atoms with Gasteiger partial charge in [0.1, 0.15) is 12.4 Å². The summed E-state index contributed by atoms with van der Waals surface area (Å²) >= 11 is 0. The number of rotatable bonds is 8. The van der Waals surface area contributed by atoms with Crippen LogP contribution in [0.3, 0.4) is 0 Å². The molecule has 2 saturated heterocycles. The molecule has 9 heteroatoms. The number of amides is 1. The van der Waals surface area contributed by atoms with E-state index in [4.69, 9.17) is 18.9 Å². The van der Waals surface area contributed by atoms with Crippen LogP contribution in [0.4, 0.5) is 9.18 Å². The van der Waals surface area contributed by atoms with Crippen molar-refractivity contribution >= 4 is 6.09 Å². The zero-order chi connectivity index (χ0) is 24.8. The Balaban J connectivity index is 1.33. The van der Waals surface area contributed by atoms with E-state index >= 15 is 0 Å². The van der Waals surface area contributed by atoms with Crippen molar-refractivity contribution in [1.82, 2.24) is 14.9 Å². The summed E-state index contributed by atoms with van der Waals surface area (Å²) in [6.45, 7) is 7.37. The Hall–Kier alpha value is -2.94. The number of aromatic nitrogens is 2. The molecule has 8 nitrogen and oxygen atoms in total. The SMILES string of the molecule is Cc1c(Oc2ccc(CCC3CCCO3)cc2F)ncnc1OC1CCN(C(=O)OC(C)C)CC1. The third kappa shape index (κ3) is 6.81. The molecule has 4 rings (SSSR count). The van der Waals surface area contributed by atoms with Crippen LogP contribution in [0.15, 0.2) is 24.5 Å². The van der Waals surface area contributed by atoms with Gasteiger partial charge in [0.25, 0.3) is 0 Å². The first-order valence-electron chi connectivity index (χ1n) is 12.4. The fourth-order valence-electron chi connectivity index (χ4n) is 4.32. The van der Waals surface area contributed by atoms with E-state index in [1.54, 1.807) is 17.9 Å². The molecule has 0 N–H and O–H groups in total. The first kappa shape index (κ1) is 25.2. The Morgan fingerprint density at radius 2 is 1.97 bits per heavy atom. The van der Waals surface area contributed by atoms with Gasteiger partial charge in [-0.15, -0.1) is 0 Å². The Bertz CT molecular complexity index is 1000. The third-order valence-electron chi connectivity index (χ3n) is 6.29. The molecule has 0 spiro atoms. The van der Waals surface area contributed by atoms with Crippen LogP contribution in [-0.4, -0.2) is 59.0 Å². The van der Waals surface area contributed by atoms with E-state index in [1.165, 1.54) is 12.4 Å². The number of hydrogen-bond acceptors (Lipinski definition) is 7. The minimum Gasteiger partial charge on any atom is -0.474 e. The predicted octanol–water partition coefficient (Wildman–Crippen LogP) is 5.22. The van der Waals surface area contributed by atoms with E-state index in [0.29, 0.717) is 37.4 Å². The lowest BCUT2D eigenvalue weighted by molar-refractivity contribution is 0.0505. The topological polar surface area (TPSA) is 83.0 Å². The van der Waals surface area contributed by atoms with Crippen molar-refractivity contribution in [1.29, 1.82) is 0 Å². The van der Waals surface area contributed by atoms with Crippen LogP contribution in [0.2, 0.25) is 0 Å². The molecule has 190 valence electrons. The minimum absolute atomic E-state index is 0.0978. The molecule has 1 unspecified atom stereocenters. The van der Waals surface area contributed by atoms with Gasteiger partial charge in [-0.2, -0.15) is 0 Å². The second-order valence-corrected chi connectivity index (χ2v) is 9.39. The van der Waals surface area contributed by atoms with E-state index in [2.05, 4.69) is 9.97 Å². The van der Waals surface area contributed by atoms with Gasteiger partial charge in [-0.1, -0.05) is 6.07 Å². The number of benzene rings is 1. The maximum absolute atomic E-state index is 14.7. The number of carbonyl (C=O) groups excluding carboxylic acids is 1. The normalized spacial score (nSPS) is 18.7. The zero-order valence-corrected chi connectivity index (χ0v) is 20.7. The average Bonchev–Trinajstić information content (AvgIpc) is 3.35. The van der Waals surface area contributed by atoms with E-state index in [-0.39, 0.29) is 36.0 Å². The second-order valence-electron chi connectivity index (χ2n) is 9.39. The van der Waals surface area contributed by atoms with Crippen LogP contribution in [0.1, 0.15) is 57.1 Å². The smallest absolute Gasteiger partial charge is 0.410 e. The van der Waals surface area contributed by atoms with E-state index in [1.807, 2.05) is 19.9 Å². The molecule has 0 bridgehead atoms. The van der Waals surface area contributed by atoms with Gasteiger partial charge in [-0.3, -0.25) is 0 Å². The number of piperidine rings is 1. The monoisotopic (exact) mass is 487 g/mol. The maximum atomic E-state index is 14.7. The lowest BCUT2D eigenvalue weighted by atomic mass is 10.0. The number of hydrogen-bond donors (Lipinski definition) is 0. The first-order valence-corrected chi connectivity index (χ1v) is 12.4. The third-order valence-corrected chi connectivity index (χ3v) is 6.29. The van der Waals surface area contributed by atoms with Crippen LogP contribution in [0.25, 0.3) is 0 Å². The maximum Gasteiger partial charge on any atom is 0.410 e. The summed E-state index contributed by atoms with van der Waals surface area (Å²) in [5.41, 5.74) is 1.51. The van der Waals surface area contributed by atoms with Crippen molar-refractivity contribution in [2.75, 3.05) is 19.7 Å². The fraction of sp³-hybridized carbons (Fsp3) is 0.577. The first-order chi connectivity index (χ1) is 16.9. The minimum atomic E-state index is -0.434. The van der Waals surface area contributed by atoms with Gasteiger partial charge < -0.3 is 23.8 Å². The van der Waals surface area contributed by atoms with Gasteiger partial charge in [0.05, 0.1) is 17.8 Å².